The molecule has 0 heterocycles. The van der Waals surface area contributed by atoms with Crippen LogP contribution in [-0.2, 0) is 38.1 Å². The summed E-state index contributed by atoms with van der Waals surface area (Å²) in [5, 5.41) is 0. The number of hydrogen-bond donors (Lipinski definition) is 0. The number of ether oxygens (including phenoxy) is 4. The third kappa shape index (κ3) is 7.61. The molecule has 0 radical (unpaired) electrons. The van der Waals surface area contributed by atoms with Crippen molar-refractivity contribution in [2.45, 2.75) is 66.0 Å². The molecule has 0 amide bonds. The highest BCUT2D eigenvalue weighted by molar-refractivity contribution is 5.68. The second kappa shape index (κ2) is 9.01. The zero-order valence-corrected chi connectivity index (χ0v) is 13.6. The van der Waals surface area contributed by atoms with Crippen LogP contribution in [0.4, 0.5) is 0 Å². The zero-order valence-electron chi connectivity index (χ0n) is 13.6. The normalized spacial score (nSPS) is 15.7. The monoisotopic (exact) mass is 318 g/mol. The zero-order chi connectivity index (χ0) is 17.4. The molecular weight excluding hydrogens is 296 g/mol. The van der Waals surface area contributed by atoms with Gasteiger partial charge in [-0.2, -0.15) is 0 Å². The molecule has 0 saturated carbocycles. The maximum absolute atomic E-state index is 11.3. The van der Waals surface area contributed by atoms with Crippen molar-refractivity contribution < 1.29 is 38.1 Å². The summed E-state index contributed by atoms with van der Waals surface area (Å²) >= 11 is 0. The van der Waals surface area contributed by atoms with E-state index in [1.54, 1.807) is 0 Å². The van der Waals surface area contributed by atoms with Gasteiger partial charge in [-0.15, -0.1) is 0 Å². The molecule has 0 bridgehead atoms. The molecule has 0 unspecified atom stereocenters. The van der Waals surface area contributed by atoms with Crippen molar-refractivity contribution in [2.75, 3.05) is 0 Å². The average Bonchev–Trinajstić information content (AvgIpc) is 2.30. The fourth-order valence-corrected chi connectivity index (χ4v) is 1.90. The van der Waals surface area contributed by atoms with Crippen LogP contribution in [0.1, 0.15) is 41.5 Å². The Morgan fingerprint density at radius 1 is 0.545 bits per heavy atom. The number of rotatable bonds is 7. The van der Waals surface area contributed by atoms with Gasteiger partial charge in [-0.1, -0.05) is 0 Å². The van der Waals surface area contributed by atoms with Crippen LogP contribution in [0.2, 0.25) is 0 Å². The third-order valence-electron chi connectivity index (χ3n) is 2.56. The molecule has 0 N–H and O–H groups in total. The summed E-state index contributed by atoms with van der Waals surface area (Å²) < 4.78 is 20.2. The minimum absolute atomic E-state index is 0.591. The minimum Gasteiger partial charge on any atom is -0.459 e. The molecule has 0 saturated heterocycles. The van der Waals surface area contributed by atoms with Crippen LogP contribution >= 0.6 is 0 Å². The van der Waals surface area contributed by atoms with E-state index in [1.807, 2.05) is 0 Å². The van der Waals surface area contributed by atoms with Crippen molar-refractivity contribution in [3.05, 3.63) is 0 Å². The first-order valence-corrected chi connectivity index (χ1v) is 6.73. The van der Waals surface area contributed by atoms with E-state index in [4.69, 9.17) is 18.9 Å². The quantitative estimate of drug-likeness (QED) is 0.500. The van der Waals surface area contributed by atoms with Crippen molar-refractivity contribution in [1.29, 1.82) is 0 Å². The van der Waals surface area contributed by atoms with Gasteiger partial charge in [0.25, 0.3) is 0 Å². The van der Waals surface area contributed by atoms with Crippen LogP contribution in [0.3, 0.4) is 0 Å². The molecule has 126 valence electrons. The van der Waals surface area contributed by atoms with E-state index in [1.165, 1.54) is 27.7 Å². The Bertz CT molecular complexity index is 391. The molecule has 8 nitrogen and oxygen atoms in total. The number of hydrogen-bond acceptors (Lipinski definition) is 8. The highest BCUT2D eigenvalue weighted by atomic mass is 16.6. The van der Waals surface area contributed by atoms with Gasteiger partial charge in [-0.25, -0.2) is 0 Å². The molecule has 0 fully saturated rings. The molecule has 0 aliphatic rings. The van der Waals surface area contributed by atoms with Crippen molar-refractivity contribution in [2.24, 2.45) is 0 Å². The third-order valence-corrected chi connectivity index (χ3v) is 2.56. The van der Waals surface area contributed by atoms with Crippen molar-refractivity contribution >= 4 is 23.9 Å². The van der Waals surface area contributed by atoms with Gasteiger partial charge in [-0.3, -0.25) is 19.2 Å². The van der Waals surface area contributed by atoms with E-state index in [9.17, 15) is 19.2 Å². The fourth-order valence-electron chi connectivity index (χ4n) is 1.90. The first kappa shape index (κ1) is 19.9. The first-order chi connectivity index (χ1) is 10.0. The van der Waals surface area contributed by atoms with Gasteiger partial charge in [0.15, 0.2) is 12.2 Å². The molecule has 0 aliphatic heterocycles. The Kier molecular flexibility index (Phi) is 8.14. The summed E-state index contributed by atoms with van der Waals surface area (Å²) in [4.78, 5) is 44.7. The van der Waals surface area contributed by atoms with E-state index < -0.39 is 48.3 Å². The number of esters is 4. The molecule has 0 rings (SSSR count). The Hall–Kier alpha value is -2.12. The summed E-state index contributed by atoms with van der Waals surface area (Å²) in [5.74, 6) is -2.50. The second-order valence-corrected chi connectivity index (χ2v) is 4.78. The van der Waals surface area contributed by atoms with Crippen LogP contribution in [0, 0.1) is 0 Å². The molecule has 0 aromatic carbocycles. The van der Waals surface area contributed by atoms with E-state index in [0.29, 0.717) is 0 Å². The van der Waals surface area contributed by atoms with Gasteiger partial charge in [0, 0.05) is 27.7 Å². The average molecular weight is 318 g/mol. The predicted molar refractivity (Wildman–Crippen MR) is 73.6 cm³/mol. The van der Waals surface area contributed by atoms with E-state index in [-0.39, 0.29) is 0 Å². The maximum atomic E-state index is 11.3. The topological polar surface area (TPSA) is 105 Å². The van der Waals surface area contributed by atoms with Crippen molar-refractivity contribution in [3.8, 4) is 0 Å². The lowest BCUT2D eigenvalue weighted by atomic mass is 10.0. The Balaban J connectivity index is 5.39. The number of carbonyl (C=O) groups excluding carboxylic acids is 4. The summed E-state index contributed by atoms with van der Waals surface area (Å²) in [6.45, 7) is 7.66. The first-order valence-electron chi connectivity index (χ1n) is 6.73. The molecule has 8 heteroatoms. The molecule has 0 aromatic rings. The highest BCUT2D eigenvalue weighted by Gasteiger charge is 2.39. The maximum Gasteiger partial charge on any atom is 0.303 e. The second-order valence-electron chi connectivity index (χ2n) is 4.78. The van der Waals surface area contributed by atoms with Gasteiger partial charge in [0.2, 0.25) is 0 Å². The molecule has 22 heavy (non-hydrogen) atoms. The summed E-state index contributed by atoms with van der Waals surface area (Å²) in [5.41, 5.74) is 0. The number of carbonyl (C=O) groups is 4. The van der Waals surface area contributed by atoms with E-state index in [2.05, 4.69) is 0 Å². The molecular formula is C14H22O8. The SMILES string of the molecule is CC(=O)O[C@H]([C@H](OC(C)=O)[C@H](C)OC(C)=O)[C@@H](C)OC(C)=O. The predicted octanol–water partition coefficient (Wildman–Crippen LogP) is 0.753. The Morgan fingerprint density at radius 2 is 0.773 bits per heavy atom. The standard InChI is InChI=1S/C14H22O8/c1-7(19-9(3)15)13(21-11(5)17)14(22-12(6)18)8(2)20-10(4)16/h7-8,13-14H,1-6H3/t7-,8+,13+,14-. The van der Waals surface area contributed by atoms with Crippen LogP contribution in [0.15, 0.2) is 0 Å². The fraction of sp³-hybridized carbons (Fsp3) is 0.714. The lowest BCUT2D eigenvalue weighted by molar-refractivity contribution is -0.195. The molecule has 0 aromatic heterocycles. The van der Waals surface area contributed by atoms with Crippen molar-refractivity contribution in [1.82, 2.24) is 0 Å². The molecule has 0 spiro atoms. The van der Waals surface area contributed by atoms with Gasteiger partial charge in [0.05, 0.1) is 0 Å². The smallest absolute Gasteiger partial charge is 0.303 e. The van der Waals surface area contributed by atoms with Crippen LogP contribution in [-0.4, -0.2) is 48.3 Å². The lowest BCUT2D eigenvalue weighted by Gasteiger charge is -2.33. The van der Waals surface area contributed by atoms with Gasteiger partial charge < -0.3 is 18.9 Å². The van der Waals surface area contributed by atoms with Crippen molar-refractivity contribution in [3.63, 3.8) is 0 Å². The molecule has 4 atom stereocenters. The van der Waals surface area contributed by atoms with Gasteiger partial charge in [-0.05, 0) is 13.8 Å². The van der Waals surface area contributed by atoms with Crippen LogP contribution in [0.5, 0.6) is 0 Å². The van der Waals surface area contributed by atoms with E-state index >= 15 is 0 Å². The summed E-state index contributed by atoms with van der Waals surface area (Å²) in [6.07, 6.45) is -4.02. The summed E-state index contributed by atoms with van der Waals surface area (Å²) in [6, 6.07) is 0. The summed E-state index contributed by atoms with van der Waals surface area (Å²) in [7, 11) is 0. The lowest BCUT2D eigenvalue weighted by Crippen LogP contribution is -2.49. The Morgan fingerprint density at radius 3 is 0.955 bits per heavy atom. The van der Waals surface area contributed by atoms with Crippen LogP contribution in [0.25, 0.3) is 0 Å². The Labute approximate surface area is 129 Å². The van der Waals surface area contributed by atoms with Crippen LogP contribution < -0.4 is 0 Å². The van der Waals surface area contributed by atoms with Gasteiger partial charge >= 0.3 is 23.9 Å². The minimum atomic E-state index is -1.11. The van der Waals surface area contributed by atoms with E-state index in [0.717, 1.165) is 13.8 Å². The van der Waals surface area contributed by atoms with Gasteiger partial charge in [0.1, 0.15) is 12.2 Å². The largest absolute Gasteiger partial charge is 0.459 e. The highest BCUT2D eigenvalue weighted by Crippen LogP contribution is 2.18. The molecule has 0 aliphatic carbocycles.